The van der Waals surface area contributed by atoms with Gasteiger partial charge < -0.3 is 9.84 Å². The number of methoxy groups -OCH3 is 1. The van der Waals surface area contributed by atoms with E-state index in [9.17, 15) is 4.79 Å². The van der Waals surface area contributed by atoms with Crippen LogP contribution in [0.4, 0.5) is 0 Å². The summed E-state index contributed by atoms with van der Waals surface area (Å²) < 4.78 is 4.99. The van der Waals surface area contributed by atoms with Crippen LogP contribution in [0.1, 0.15) is 6.92 Å². The molecule has 1 aliphatic rings. The zero-order valence-electron chi connectivity index (χ0n) is 7.45. The first-order valence-electron chi connectivity index (χ1n) is 3.90. The van der Waals surface area contributed by atoms with Crippen molar-refractivity contribution in [2.24, 2.45) is 5.92 Å². The average Bonchev–Trinajstić information content (AvgIpc) is 2.12. The molecule has 0 radical (unpaired) electrons. The molecule has 4 heteroatoms. The van der Waals surface area contributed by atoms with E-state index >= 15 is 0 Å². The molecule has 0 saturated heterocycles. The predicted octanol–water partition coefficient (Wildman–Crippen LogP) is 1.78. The van der Waals surface area contributed by atoms with Crippen molar-refractivity contribution < 1.29 is 14.6 Å². The third-order valence-electron chi connectivity index (χ3n) is 2.12. The first kappa shape index (κ1) is 10.3. The summed E-state index contributed by atoms with van der Waals surface area (Å²) in [7, 11) is 1.45. The summed E-state index contributed by atoms with van der Waals surface area (Å²) in [4.78, 5) is 11.5. The van der Waals surface area contributed by atoms with Gasteiger partial charge >= 0.3 is 0 Å². The molecule has 0 aromatic rings. The van der Waals surface area contributed by atoms with Crippen LogP contribution in [0.5, 0.6) is 0 Å². The Labute approximate surface area is 81.6 Å². The van der Waals surface area contributed by atoms with Crippen molar-refractivity contribution in [2.45, 2.75) is 13.0 Å². The van der Waals surface area contributed by atoms with Gasteiger partial charge in [-0.1, -0.05) is 18.5 Å². The van der Waals surface area contributed by atoms with Crippen LogP contribution in [0.25, 0.3) is 0 Å². The number of aliphatic hydroxyl groups is 1. The van der Waals surface area contributed by atoms with E-state index in [1.54, 1.807) is 6.92 Å². The van der Waals surface area contributed by atoms with Crippen molar-refractivity contribution in [3.63, 3.8) is 0 Å². The summed E-state index contributed by atoms with van der Waals surface area (Å²) in [6, 6.07) is 0. The fraction of sp³-hybridized carbons (Fsp3) is 0.444. The van der Waals surface area contributed by atoms with Crippen LogP contribution in [-0.4, -0.2) is 24.1 Å². The summed E-state index contributed by atoms with van der Waals surface area (Å²) in [5, 5.41) is 9.26. The maximum absolute atomic E-state index is 11.5. The topological polar surface area (TPSA) is 46.5 Å². The van der Waals surface area contributed by atoms with Crippen LogP contribution in [0.3, 0.4) is 0 Å². The Morgan fingerprint density at radius 2 is 2.31 bits per heavy atom. The van der Waals surface area contributed by atoms with Crippen molar-refractivity contribution in [1.82, 2.24) is 0 Å². The van der Waals surface area contributed by atoms with Gasteiger partial charge in [0.25, 0.3) is 0 Å². The van der Waals surface area contributed by atoms with Crippen LogP contribution in [0.15, 0.2) is 22.9 Å². The molecule has 0 aromatic carbocycles. The molecule has 0 fully saturated rings. The number of ketones is 1. The number of carbonyl (C=O) groups is 1. The second kappa shape index (κ2) is 3.94. The number of halogens is 1. The average molecular weight is 203 g/mol. The molecule has 3 nitrogen and oxygen atoms in total. The number of carbonyl (C=O) groups excluding carboxylic acids is 1. The van der Waals surface area contributed by atoms with Gasteiger partial charge in [0.2, 0.25) is 0 Å². The number of allylic oxidation sites excluding steroid dienone is 1. The van der Waals surface area contributed by atoms with Crippen molar-refractivity contribution in [3.8, 4) is 0 Å². The zero-order chi connectivity index (χ0) is 10.0. The molecule has 2 atom stereocenters. The fourth-order valence-corrected chi connectivity index (χ4v) is 1.53. The Hall–Kier alpha value is -0.800. The van der Waals surface area contributed by atoms with Gasteiger partial charge in [-0.25, -0.2) is 0 Å². The highest BCUT2D eigenvalue weighted by molar-refractivity contribution is 6.31. The van der Waals surface area contributed by atoms with Crippen LogP contribution in [0.2, 0.25) is 0 Å². The molecule has 0 saturated carbocycles. The minimum absolute atomic E-state index is 0.150. The van der Waals surface area contributed by atoms with Gasteiger partial charge in [-0.3, -0.25) is 4.79 Å². The van der Waals surface area contributed by atoms with E-state index in [1.165, 1.54) is 13.2 Å². The molecule has 72 valence electrons. The zero-order valence-corrected chi connectivity index (χ0v) is 8.21. The molecule has 1 aliphatic carbocycles. The standard InChI is InChI=1S/C9H11ClO3/c1-5-7(10)3-6(4-11)8(12)9(5)13-2/h3-5,9,11H,1-2H3. The lowest BCUT2D eigenvalue weighted by Crippen LogP contribution is -2.34. The minimum atomic E-state index is -0.587. The highest BCUT2D eigenvalue weighted by Crippen LogP contribution is 2.29. The number of hydrogen-bond acceptors (Lipinski definition) is 3. The molecular weight excluding hydrogens is 192 g/mol. The van der Waals surface area contributed by atoms with Gasteiger partial charge in [-0.15, -0.1) is 0 Å². The summed E-state index contributed by atoms with van der Waals surface area (Å²) in [5.41, 5.74) is 0.190. The van der Waals surface area contributed by atoms with Gasteiger partial charge in [0.15, 0.2) is 5.78 Å². The summed E-state index contributed by atoms with van der Waals surface area (Å²) >= 11 is 5.86. The van der Waals surface area contributed by atoms with Crippen LogP contribution >= 0.6 is 11.6 Å². The van der Waals surface area contributed by atoms with Gasteiger partial charge in [-0.2, -0.15) is 0 Å². The lowest BCUT2D eigenvalue weighted by atomic mass is 9.90. The molecular formula is C9H11ClO3. The molecule has 0 spiro atoms. The van der Waals surface area contributed by atoms with Gasteiger partial charge in [0, 0.05) is 18.1 Å². The molecule has 0 bridgehead atoms. The second-order valence-electron chi connectivity index (χ2n) is 2.92. The fourth-order valence-electron chi connectivity index (χ4n) is 1.30. The normalized spacial score (nSPS) is 32.1. The lowest BCUT2D eigenvalue weighted by Gasteiger charge is -2.25. The monoisotopic (exact) mass is 202 g/mol. The van der Waals surface area contributed by atoms with E-state index in [1.807, 2.05) is 0 Å². The van der Waals surface area contributed by atoms with E-state index in [-0.39, 0.29) is 17.3 Å². The Kier molecular flexibility index (Phi) is 3.12. The first-order valence-corrected chi connectivity index (χ1v) is 4.28. The van der Waals surface area contributed by atoms with Gasteiger partial charge in [0.1, 0.15) is 6.10 Å². The van der Waals surface area contributed by atoms with Crippen molar-refractivity contribution >= 4 is 17.4 Å². The first-order chi connectivity index (χ1) is 6.11. The predicted molar refractivity (Wildman–Crippen MR) is 49.6 cm³/mol. The Morgan fingerprint density at radius 3 is 2.77 bits per heavy atom. The summed E-state index contributed by atoms with van der Waals surface area (Å²) in [6.07, 6.45) is 1.63. The Balaban J connectivity index is 3.06. The maximum atomic E-state index is 11.5. The molecule has 2 unspecified atom stereocenters. The van der Waals surface area contributed by atoms with E-state index in [0.717, 1.165) is 6.26 Å². The number of Topliss-reactive ketones (excluding diaryl/α,β-unsaturated/α-hetero) is 1. The molecule has 1 N–H and O–H groups in total. The number of ether oxygens (including phenoxy) is 1. The Morgan fingerprint density at radius 1 is 1.69 bits per heavy atom. The third kappa shape index (κ3) is 1.76. The minimum Gasteiger partial charge on any atom is -0.515 e. The lowest BCUT2D eigenvalue weighted by molar-refractivity contribution is -0.127. The van der Waals surface area contributed by atoms with E-state index < -0.39 is 6.10 Å². The van der Waals surface area contributed by atoms with Crippen molar-refractivity contribution in [1.29, 1.82) is 0 Å². The number of rotatable bonds is 1. The van der Waals surface area contributed by atoms with Crippen LogP contribution in [0, 0.1) is 5.92 Å². The molecule has 0 aromatic heterocycles. The van der Waals surface area contributed by atoms with Crippen molar-refractivity contribution in [2.75, 3.05) is 7.11 Å². The smallest absolute Gasteiger partial charge is 0.195 e. The third-order valence-corrected chi connectivity index (χ3v) is 2.57. The number of aliphatic hydroxyl groups excluding tert-OH is 1. The highest BCUT2D eigenvalue weighted by atomic mass is 35.5. The molecule has 1 rings (SSSR count). The molecule has 13 heavy (non-hydrogen) atoms. The molecule has 0 aliphatic heterocycles. The summed E-state index contributed by atoms with van der Waals surface area (Å²) in [6.45, 7) is 1.80. The second-order valence-corrected chi connectivity index (χ2v) is 3.36. The van der Waals surface area contributed by atoms with E-state index in [2.05, 4.69) is 0 Å². The quantitative estimate of drug-likeness (QED) is 0.521. The highest BCUT2D eigenvalue weighted by Gasteiger charge is 2.33. The SMILES string of the molecule is COC1C(=O)C(=CO)C=C(Cl)C1C. The van der Waals surface area contributed by atoms with Crippen molar-refractivity contribution in [3.05, 3.63) is 22.9 Å². The van der Waals surface area contributed by atoms with E-state index in [4.69, 9.17) is 21.4 Å². The van der Waals surface area contributed by atoms with Gasteiger partial charge in [-0.05, 0) is 6.08 Å². The van der Waals surface area contributed by atoms with Crippen LogP contribution < -0.4 is 0 Å². The van der Waals surface area contributed by atoms with E-state index in [0.29, 0.717) is 5.03 Å². The van der Waals surface area contributed by atoms with Crippen LogP contribution in [-0.2, 0) is 9.53 Å². The van der Waals surface area contributed by atoms with Gasteiger partial charge in [0.05, 0.1) is 11.8 Å². The molecule has 0 amide bonds. The Bertz CT molecular complexity index is 281. The largest absolute Gasteiger partial charge is 0.515 e. The maximum Gasteiger partial charge on any atom is 0.195 e. The number of hydrogen-bond donors (Lipinski definition) is 1. The molecule has 0 heterocycles. The summed E-state index contributed by atoms with van der Waals surface area (Å²) in [5.74, 6) is -0.384.